The molecule has 2 aliphatic rings. The Bertz CT molecular complexity index is 629. The highest BCUT2D eigenvalue weighted by atomic mass is 32.1. The summed E-state index contributed by atoms with van der Waals surface area (Å²) in [5.41, 5.74) is 0.915. The van der Waals surface area contributed by atoms with Gasteiger partial charge in [0.2, 0.25) is 0 Å². The molecule has 0 heterocycles. The van der Waals surface area contributed by atoms with Gasteiger partial charge in [0.05, 0.1) is 7.11 Å². The van der Waals surface area contributed by atoms with Crippen molar-refractivity contribution in [1.82, 2.24) is 10.2 Å². The number of hydrogen-bond donors (Lipinski definition) is 1. The lowest BCUT2D eigenvalue weighted by Crippen LogP contribution is -2.44. The Hall–Kier alpha value is -1.63. The highest BCUT2D eigenvalue weighted by molar-refractivity contribution is 7.80. The van der Waals surface area contributed by atoms with Gasteiger partial charge in [-0.25, -0.2) is 0 Å². The zero-order chi connectivity index (χ0) is 18.0. The van der Waals surface area contributed by atoms with E-state index in [4.69, 9.17) is 17.0 Å². The maximum Gasteiger partial charge on any atom is 0.387 e. The molecular formula is C18H24F2N2O2S. The van der Waals surface area contributed by atoms with E-state index >= 15 is 0 Å². The van der Waals surface area contributed by atoms with Crippen LogP contribution >= 0.6 is 12.2 Å². The summed E-state index contributed by atoms with van der Waals surface area (Å²) in [5.74, 6) is 1.94. The lowest BCUT2D eigenvalue weighted by molar-refractivity contribution is -0.0512. The lowest BCUT2D eigenvalue weighted by atomic mass is 9.95. The van der Waals surface area contributed by atoms with Crippen LogP contribution in [0.3, 0.4) is 0 Å². The molecule has 2 aliphatic carbocycles. The number of benzene rings is 1. The lowest BCUT2D eigenvalue weighted by Gasteiger charge is -2.28. The topological polar surface area (TPSA) is 33.7 Å². The van der Waals surface area contributed by atoms with Crippen molar-refractivity contribution in [1.29, 1.82) is 0 Å². The number of nitrogens with zero attached hydrogens (tertiary/aromatic N) is 1. The molecule has 0 radical (unpaired) electrons. The molecule has 3 atom stereocenters. The summed E-state index contributed by atoms with van der Waals surface area (Å²) in [4.78, 5) is 1.96. The number of methoxy groups -OCH3 is 1. The fourth-order valence-electron chi connectivity index (χ4n) is 4.04. The molecule has 1 N–H and O–H groups in total. The fraction of sp³-hybridized carbons (Fsp3) is 0.611. The molecule has 2 saturated carbocycles. The molecule has 4 nitrogen and oxygen atoms in total. The van der Waals surface area contributed by atoms with Crippen molar-refractivity contribution in [3.8, 4) is 11.5 Å². The standard InChI is InChI=1S/C18H24F2N2O2S/c1-22(18(25)21-14-8-11-3-5-13(14)7-11)10-12-4-6-15(24-17(19)20)16(9-12)23-2/h4,6,9,11,13-14,17H,3,5,7-8,10H2,1-2H3,(H,21,25). The summed E-state index contributed by atoms with van der Waals surface area (Å²) in [7, 11) is 3.36. The second kappa shape index (κ2) is 7.72. The van der Waals surface area contributed by atoms with Gasteiger partial charge < -0.3 is 19.7 Å². The van der Waals surface area contributed by atoms with Gasteiger partial charge in [-0.15, -0.1) is 0 Å². The van der Waals surface area contributed by atoms with Crippen LogP contribution in [0.5, 0.6) is 11.5 Å². The Morgan fingerprint density at radius 2 is 2.12 bits per heavy atom. The number of nitrogens with one attached hydrogen (secondary N) is 1. The summed E-state index contributed by atoms with van der Waals surface area (Å²) < 4.78 is 34.4. The van der Waals surface area contributed by atoms with E-state index in [1.807, 2.05) is 11.9 Å². The van der Waals surface area contributed by atoms with Crippen LogP contribution in [0.2, 0.25) is 0 Å². The molecule has 25 heavy (non-hydrogen) atoms. The maximum absolute atomic E-state index is 12.4. The van der Waals surface area contributed by atoms with Gasteiger partial charge in [-0.3, -0.25) is 0 Å². The van der Waals surface area contributed by atoms with E-state index < -0.39 is 6.61 Å². The minimum Gasteiger partial charge on any atom is -0.493 e. The van der Waals surface area contributed by atoms with Gasteiger partial charge in [0.1, 0.15) is 0 Å². The molecular weight excluding hydrogens is 346 g/mol. The summed E-state index contributed by atoms with van der Waals surface area (Å²) >= 11 is 5.53. The third-order valence-corrected chi connectivity index (χ3v) is 5.69. The third kappa shape index (κ3) is 4.32. The number of hydrogen-bond acceptors (Lipinski definition) is 3. The molecule has 2 bridgehead atoms. The molecule has 3 unspecified atom stereocenters. The molecule has 0 aromatic heterocycles. The van der Waals surface area contributed by atoms with Crippen LogP contribution in [0, 0.1) is 11.8 Å². The predicted molar refractivity (Wildman–Crippen MR) is 96.1 cm³/mol. The minimum absolute atomic E-state index is 0.0339. The zero-order valence-electron chi connectivity index (χ0n) is 14.5. The quantitative estimate of drug-likeness (QED) is 0.771. The van der Waals surface area contributed by atoms with E-state index in [9.17, 15) is 8.78 Å². The van der Waals surface area contributed by atoms with E-state index in [0.717, 1.165) is 22.5 Å². The molecule has 3 rings (SSSR count). The van der Waals surface area contributed by atoms with Crippen molar-refractivity contribution < 1.29 is 18.3 Å². The fourth-order valence-corrected chi connectivity index (χ4v) is 4.26. The Morgan fingerprint density at radius 3 is 2.72 bits per heavy atom. The zero-order valence-corrected chi connectivity index (χ0v) is 15.3. The highest BCUT2D eigenvalue weighted by Gasteiger charge is 2.39. The number of fused-ring (bicyclic) bond motifs is 2. The summed E-state index contributed by atoms with van der Waals surface area (Å²) in [5, 5.41) is 4.22. The molecule has 0 saturated heterocycles. The smallest absolute Gasteiger partial charge is 0.387 e. The van der Waals surface area contributed by atoms with Gasteiger partial charge in [-0.05, 0) is 61.0 Å². The van der Waals surface area contributed by atoms with Crippen molar-refractivity contribution >= 4 is 17.3 Å². The first kappa shape index (κ1) is 18.2. The van der Waals surface area contributed by atoms with Crippen LogP contribution in [-0.2, 0) is 6.54 Å². The molecule has 1 aromatic carbocycles. The summed E-state index contributed by atoms with van der Waals surface area (Å²) in [6, 6.07) is 5.44. The van der Waals surface area contributed by atoms with Gasteiger partial charge in [0, 0.05) is 19.6 Å². The first-order valence-electron chi connectivity index (χ1n) is 8.59. The van der Waals surface area contributed by atoms with Crippen LogP contribution in [0.15, 0.2) is 18.2 Å². The average molecular weight is 370 g/mol. The summed E-state index contributed by atoms with van der Waals surface area (Å²) in [6.07, 6.45) is 5.20. The number of thiocarbonyl (C=S) groups is 1. The Balaban J connectivity index is 1.58. The van der Waals surface area contributed by atoms with E-state index in [2.05, 4.69) is 10.1 Å². The van der Waals surface area contributed by atoms with Gasteiger partial charge >= 0.3 is 6.61 Å². The number of halogens is 2. The first-order valence-corrected chi connectivity index (χ1v) is 9.00. The second-order valence-corrected chi connectivity index (χ2v) is 7.34. The van der Waals surface area contributed by atoms with Crippen molar-refractivity contribution in [3.63, 3.8) is 0 Å². The predicted octanol–water partition coefficient (Wildman–Crippen LogP) is 3.79. The minimum atomic E-state index is -2.87. The second-order valence-electron chi connectivity index (χ2n) is 6.95. The molecule has 0 amide bonds. The number of rotatable bonds is 6. The van der Waals surface area contributed by atoms with Gasteiger partial charge in [0.25, 0.3) is 0 Å². The normalized spacial score (nSPS) is 24.4. The van der Waals surface area contributed by atoms with Gasteiger partial charge in [-0.1, -0.05) is 12.5 Å². The van der Waals surface area contributed by atoms with E-state index in [1.54, 1.807) is 12.1 Å². The van der Waals surface area contributed by atoms with Gasteiger partial charge in [0.15, 0.2) is 16.6 Å². The molecule has 7 heteroatoms. The van der Waals surface area contributed by atoms with Crippen LogP contribution < -0.4 is 14.8 Å². The highest BCUT2D eigenvalue weighted by Crippen LogP contribution is 2.44. The number of ether oxygens (including phenoxy) is 2. The van der Waals surface area contributed by atoms with Crippen molar-refractivity contribution in [2.45, 2.75) is 44.9 Å². The van der Waals surface area contributed by atoms with E-state index in [-0.39, 0.29) is 11.5 Å². The molecule has 0 aliphatic heterocycles. The van der Waals surface area contributed by atoms with Crippen molar-refractivity contribution in [2.24, 2.45) is 11.8 Å². The van der Waals surface area contributed by atoms with E-state index in [1.165, 1.54) is 38.9 Å². The third-order valence-electron chi connectivity index (χ3n) is 5.26. The summed E-state index contributed by atoms with van der Waals surface area (Å²) in [6.45, 7) is -2.31. The Morgan fingerprint density at radius 1 is 1.32 bits per heavy atom. The molecule has 0 spiro atoms. The monoisotopic (exact) mass is 370 g/mol. The van der Waals surface area contributed by atoms with Crippen LogP contribution in [-0.4, -0.2) is 36.8 Å². The Kier molecular flexibility index (Phi) is 5.61. The maximum atomic E-state index is 12.4. The molecule has 2 fully saturated rings. The van der Waals surface area contributed by atoms with Crippen LogP contribution in [0.25, 0.3) is 0 Å². The number of alkyl halides is 2. The molecule has 138 valence electrons. The SMILES string of the molecule is COc1cc(CN(C)C(=S)NC2CC3CCC2C3)ccc1OC(F)F. The average Bonchev–Trinajstić information content (AvgIpc) is 3.18. The van der Waals surface area contributed by atoms with Crippen LogP contribution in [0.4, 0.5) is 8.78 Å². The van der Waals surface area contributed by atoms with Crippen molar-refractivity contribution in [2.75, 3.05) is 14.2 Å². The first-order chi connectivity index (χ1) is 12.0. The van der Waals surface area contributed by atoms with Gasteiger partial charge in [-0.2, -0.15) is 8.78 Å². The van der Waals surface area contributed by atoms with E-state index in [0.29, 0.717) is 12.6 Å². The van der Waals surface area contributed by atoms with Crippen molar-refractivity contribution in [3.05, 3.63) is 23.8 Å². The Labute approximate surface area is 152 Å². The van der Waals surface area contributed by atoms with Crippen LogP contribution in [0.1, 0.15) is 31.2 Å². The largest absolute Gasteiger partial charge is 0.493 e. The molecule has 1 aromatic rings.